The molecule has 126 valence electrons. The Kier molecular flexibility index (Phi) is 5.36. The van der Waals surface area contributed by atoms with Crippen LogP contribution in [-0.4, -0.2) is 24.4 Å². The van der Waals surface area contributed by atoms with Gasteiger partial charge in [-0.2, -0.15) is 0 Å². The van der Waals surface area contributed by atoms with Crippen LogP contribution < -0.4 is 16.0 Å². The van der Waals surface area contributed by atoms with E-state index >= 15 is 0 Å². The van der Waals surface area contributed by atoms with Gasteiger partial charge in [0.1, 0.15) is 0 Å². The van der Waals surface area contributed by atoms with Crippen LogP contribution in [0.5, 0.6) is 0 Å². The summed E-state index contributed by atoms with van der Waals surface area (Å²) in [6.07, 6.45) is 0.294. The van der Waals surface area contributed by atoms with E-state index in [1.54, 1.807) is 37.9 Å². The fourth-order valence-electron chi connectivity index (χ4n) is 2.09. The second-order valence-electron chi connectivity index (χ2n) is 6.34. The molecule has 0 aliphatic heterocycles. The lowest BCUT2D eigenvalue weighted by Crippen LogP contribution is -2.45. The first kappa shape index (κ1) is 17.7. The van der Waals surface area contributed by atoms with Crippen molar-refractivity contribution in [2.75, 3.05) is 17.3 Å². The van der Waals surface area contributed by atoms with Crippen molar-refractivity contribution in [2.24, 2.45) is 5.73 Å². The normalized spacial score (nSPS) is 11.0. The number of rotatable bonds is 5. The molecule has 2 rings (SSSR count). The molecule has 0 saturated carbocycles. The Morgan fingerprint density at radius 2 is 1.62 bits per heavy atom. The van der Waals surface area contributed by atoms with E-state index in [1.165, 1.54) is 0 Å². The molecule has 0 atom stereocenters. The molecule has 0 fully saturated rings. The first-order valence-corrected chi connectivity index (χ1v) is 7.78. The van der Waals surface area contributed by atoms with Gasteiger partial charge in [-0.3, -0.25) is 9.59 Å². The number of hydrogen-bond acceptors (Lipinski definition) is 3. The van der Waals surface area contributed by atoms with E-state index in [1.807, 2.05) is 42.5 Å². The number of para-hydroxylation sites is 1. The number of hydrogen-bond donors (Lipinski definition) is 2. The molecule has 0 aliphatic carbocycles. The highest BCUT2D eigenvalue weighted by molar-refractivity contribution is 5.97. The summed E-state index contributed by atoms with van der Waals surface area (Å²) in [5, 5.41) is 2.75. The van der Waals surface area contributed by atoms with Crippen molar-refractivity contribution in [1.29, 1.82) is 0 Å². The maximum atomic E-state index is 12.3. The zero-order chi connectivity index (χ0) is 17.7. The summed E-state index contributed by atoms with van der Waals surface area (Å²) in [5.74, 6) is -0.254. The molecule has 0 bridgehead atoms. The van der Waals surface area contributed by atoms with Crippen molar-refractivity contribution in [3.63, 3.8) is 0 Å². The standard InChI is InChI=1S/C19H23N3O2/c1-19(2,20)18(24)21-15-11-9-14(10-12-15)13-17(23)22(3)16-7-5-4-6-8-16/h4-12H,13,20H2,1-3H3,(H,21,24). The third-order valence-electron chi connectivity index (χ3n) is 3.67. The first-order chi connectivity index (χ1) is 11.3. The molecule has 5 nitrogen and oxygen atoms in total. The second-order valence-corrected chi connectivity index (χ2v) is 6.34. The Bertz CT molecular complexity index is 704. The number of anilines is 2. The lowest BCUT2D eigenvalue weighted by Gasteiger charge is -2.18. The zero-order valence-electron chi connectivity index (χ0n) is 14.2. The molecule has 0 unspecified atom stereocenters. The van der Waals surface area contributed by atoms with Gasteiger partial charge in [0.05, 0.1) is 12.0 Å². The minimum Gasteiger partial charge on any atom is -0.325 e. The SMILES string of the molecule is CN(C(=O)Cc1ccc(NC(=O)C(C)(C)N)cc1)c1ccccc1. The zero-order valence-corrected chi connectivity index (χ0v) is 14.2. The van der Waals surface area contributed by atoms with Crippen LogP contribution in [0, 0.1) is 0 Å². The fraction of sp³-hybridized carbons (Fsp3) is 0.263. The summed E-state index contributed by atoms with van der Waals surface area (Å²) < 4.78 is 0. The molecule has 0 aliphatic rings. The number of amides is 2. The van der Waals surface area contributed by atoms with Gasteiger partial charge in [0.15, 0.2) is 0 Å². The van der Waals surface area contributed by atoms with Crippen LogP contribution in [0.15, 0.2) is 54.6 Å². The van der Waals surface area contributed by atoms with Crippen LogP contribution in [-0.2, 0) is 16.0 Å². The summed E-state index contributed by atoms with van der Waals surface area (Å²) in [6, 6.07) is 16.7. The highest BCUT2D eigenvalue weighted by atomic mass is 16.2. The van der Waals surface area contributed by atoms with Crippen molar-refractivity contribution in [3.05, 3.63) is 60.2 Å². The third kappa shape index (κ3) is 4.67. The van der Waals surface area contributed by atoms with Crippen molar-refractivity contribution < 1.29 is 9.59 Å². The third-order valence-corrected chi connectivity index (χ3v) is 3.67. The summed E-state index contributed by atoms with van der Waals surface area (Å²) >= 11 is 0. The van der Waals surface area contributed by atoms with Crippen LogP contribution in [0.4, 0.5) is 11.4 Å². The quantitative estimate of drug-likeness (QED) is 0.887. The molecule has 2 amide bonds. The van der Waals surface area contributed by atoms with Gasteiger partial charge in [-0.25, -0.2) is 0 Å². The van der Waals surface area contributed by atoms with Crippen LogP contribution in [0.25, 0.3) is 0 Å². The molecule has 24 heavy (non-hydrogen) atoms. The van der Waals surface area contributed by atoms with Gasteiger partial charge < -0.3 is 16.0 Å². The Morgan fingerprint density at radius 3 is 2.17 bits per heavy atom. The Morgan fingerprint density at radius 1 is 1.04 bits per heavy atom. The molecular formula is C19H23N3O2. The van der Waals surface area contributed by atoms with Gasteiger partial charge in [0.25, 0.3) is 0 Å². The molecule has 0 spiro atoms. The van der Waals surface area contributed by atoms with E-state index in [0.717, 1.165) is 11.3 Å². The first-order valence-electron chi connectivity index (χ1n) is 7.78. The Hall–Kier alpha value is -2.66. The number of nitrogens with one attached hydrogen (secondary N) is 1. The van der Waals surface area contributed by atoms with Crippen molar-refractivity contribution in [3.8, 4) is 0 Å². The van der Waals surface area contributed by atoms with E-state index < -0.39 is 5.54 Å². The predicted molar refractivity (Wildman–Crippen MR) is 96.9 cm³/mol. The average Bonchev–Trinajstić information content (AvgIpc) is 2.55. The maximum absolute atomic E-state index is 12.3. The molecule has 5 heteroatoms. The second kappa shape index (κ2) is 7.27. The summed E-state index contributed by atoms with van der Waals surface area (Å²) in [6.45, 7) is 3.30. The highest BCUT2D eigenvalue weighted by Crippen LogP contribution is 2.15. The van der Waals surface area contributed by atoms with Gasteiger partial charge in [0, 0.05) is 18.4 Å². The van der Waals surface area contributed by atoms with Gasteiger partial charge in [0.2, 0.25) is 11.8 Å². The number of carbonyl (C=O) groups excluding carboxylic acids is 2. The fourth-order valence-corrected chi connectivity index (χ4v) is 2.09. The van der Waals surface area contributed by atoms with E-state index in [4.69, 9.17) is 5.73 Å². The number of carbonyl (C=O) groups is 2. The number of likely N-dealkylation sites (N-methyl/N-ethyl adjacent to an activating group) is 1. The lowest BCUT2D eigenvalue weighted by molar-refractivity contribution is -0.120. The highest BCUT2D eigenvalue weighted by Gasteiger charge is 2.21. The van der Waals surface area contributed by atoms with Gasteiger partial charge in [-0.1, -0.05) is 30.3 Å². The molecule has 2 aromatic carbocycles. The van der Waals surface area contributed by atoms with Crippen LogP contribution in [0.1, 0.15) is 19.4 Å². The molecular weight excluding hydrogens is 302 g/mol. The monoisotopic (exact) mass is 325 g/mol. The molecule has 3 N–H and O–H groups in total. The number of benzene rings is 2. The Balaban J connectivity index is 1.99. The van der Waals surface area contributed by atoms with E-state index in [0.29, 0.717) is 12.1 Å². The molecule has 0 saturated heterocycles. The molecule has 0 radical (unpaired) electrons. The van der Waals surface area contributed by atoms with Crippen LogP contribution in [0.3, 0.4) is 0 Å². The summed E-state index contributed by atoms with van der Waals surface area (Å²) in [4.78, 5) is 25.8. The van der Waals surface area contributed by atoms with Crippen LogP contribution in [0.2, 0.25) is 0 Å². The average molecular weight is 325 g/mol. The van der Waals surface area contributed by atoms with Crippen LogP contribution >= 0.6 is 0 Å². The van der Waals surface area contributed by atoms with Gasteiger partial charge in [-0.15, -0.1) is 0 Å². The van der Waals surface area contributed by atoms with E-state index in [9.17, 15) is 9.59 Å². The Labute approximate surface area is 142 Å². The van der Waals surface area contributed by atoms with Crippen molar-refractivity contribution >= 4 is 23.2 Å². The predicted octanol–water partition coefficient (Wildman–Crippen LogP) is 2.57. The maximum Gasteiger partial charge on any atom is 0.243 e. The summed E-state index contributed by atoms with van der Waals surface area (Å²) in [5.41, 5.74) is 7.21. The molecule has 2 aromatic rings. The topological polar surface area (TPSA) is 75.4 Å². The van der Waals surface area contributed by atoms with Gasteiger partial charge in [-0.05, 0) is 43.7 Å². The van der Waals surface area contributed by atoms with Gasteiger partial charge >= 0.3 is 0 Å². The largest absolute Gasteiger partial charge is 0.325 e. The smallest absolute Gasteiger partial charge is 0.243 e. The molecule has 0 aromatic heterocycles. The molecule has 0 heterocycles. The number of nitrogens with zero attached hydrogens (tertiary/aromatic N) is 1. The number of nitrogens with two attached hydrogens (primary N) is 1. The minimum absolute atomic E-state index is 0.000997. The minimum atomic E-state index is -0.937. The summed E-state index contributed by atoms with van der Waals surface area (Å²) in [7, 11) is 1.76. The lowest BCUT2D eigenvalue weighted by atomic mass is 10.1. The van der Waals surface area contributed by atoms with E-state index in [2.05, 4.69) is 5.32 Å². The van der Waals surface area contributed by atoms with Crippen molar-refractivity contribution in [2.45, 2.75) is 25.8 Å². The van der Waals surface area contributed by atoms with Crippen molar-refractivity contribution in [1.82, 2.24) is 0 Å². The van der Waals surface area contributed by atoms with E-state index in [-0.39, 0.29) is 11.8 Å².